The predicted octanol–water partition coefficient (Wildman–Crippen LogP) is 5.92. The van der Waals surface area contributed by atoms with E-state index in [0.717, 1.165) is 37.2 Å². The fourth-order valence-electron chi connectivity index (χ4n) is 3.04. The van der Waals surface area contributed by atoms with Crippen molar-refractivity contribution in [2.45, 2.75) is 39.5 Å². The molecule has 2 nitrogen and oxygen atoms in total. The lowest BCUT2D eigenvalue weighted by Gasteiger charge is -2.13. The van der Waals surface area contributed by atoms with Crippen LogP contribution in [0.3, 0.4) is 0 Å². The van der Waals surface area contributed by atoms with Crippen molar-refractivity contribution in [1.82, 2.24) is 0 Å². The molecule has 1 heterocycles. The number of allylic oxidation sites excluding steroid dienone is 2. The van der Waals surface area contributed by atoms with Crippen LogP contribution in [0.1, 0.15) is 37.8 Å². The van der Waals surface area contributed by atoms with Crippen molar-refractivity contribution in [3.05, 3.63) is 83.0 Å². The monoisotopic (exact) mass is 348 g/mol. The molecule has 0 aliphatic carbocycles. The van der Waals surface area contributed by atoms with Gasteiger partial charge in [-0.25, -0.2) is 0 Å². The molecule has 0 spiro atoms. The summed E-state index contributed by atoms with van der Waals surface area (Å²) >= 11 is 0. The third kappa shape index (κ3) is 5.26. The first-order valence-electron chi connectivity index (χ1n) is 9.45. The summed E-state index contributed by atoms with van der Waals surface area (Å²) < 4.78 is 12.1. The Balaban J connectivity index is 1.80. The second-order valence-corrected chi connectivity index (χ2v) is 6.92. The van der Waals surface area contributed by atoms with Gasteiger partial charge in [0.15, 0.2) is 0 Å². The van der Waals surface area contributed by atoms with Crippen LogP contribution < -0.4 is 9.47 Å². The second-order valence-electron chi connectivity index (χ2n) is 6.92. The minimum Gasteiger partial charge on any atom is -0.493 e. The number of fused-ring (bicyclic) bond motifs is 2. The van der Waals surface area contributed by atoms with Crippen LogP contribution in [0, 0.1) is 0 Å². The van der Waals surface area contributed by atoms with E-state index in [2.05, 4.69) is 62.4 Å². The molecule has 26 heavy (non-hydrogen) atoms. The summed E-state index contributed by atoms with van der Waals surface area (Å²) in [4.78, 5) is 0. The molecule has 2 aromatic carbocycles. The number of benzene rings is 2. The molecule has 0 saturated heterocycles. The van der Waals surface area contributed by atoms with Gasteiger partial charge in [-0.2, -0.15) is 0 Å². The maximum atomic E-state index is 6.07. The predicted molar refractivity (Wildman–Crippen MR) is 108 cm³/mol. The lowest BCUT2D eigenvalue weighted by molar-refractivity contribution is 0.317. The summed E-state index contributed by atoms with van der Waals surface area (Å²) in [6, 6.07) is 16.7. The van der Waals surface area contributed by atoms with E-state index in [4.69, 9.17) is 9.47 Å². The SMILES string of the molecule is C/C1=C\Cc2ccccc2OCC/C(C)=C/Cc2ccccc2OCC1. The summed E-state index contributed by atoms with van der Waals surface area (Å²) in [6.07, 6.45) is 8.24. The van der Waals surface area contributed by atoms with Crippen molar-refractivity contribution in [2.75, 3.05) is 13.2 Å². The maximum absolute atomic E-state index is 6.07. The van der Waals surface area contributed by atoms with Gasteiger partial charge in [0.1, 0.15) is 11.5 Å². The van der Waals surface area contributed by atoms with E-state index in [1.165, 1.54) is 22.3 Å². The number of ether oxygens (including phenoxy) is 2. The van der Waals surface area contributed by atoms with Crippen LogP contribution in [-0.4, -0.2) is 13.2 Å². The zero-order valence-electron chi connectivity index (χ0n) is 15.8. The molecule has 0 bridgehead atoms. The van der Waals surface area contributed by atoms with Crippen LogP contribution >= 0.6 is 0 Å². The maximum Gasteiger partial charge on any atom is 0.122 e. The second kappa shape index (κ2) is 9.28. The van der Waals surface area contributed by atoms with Gasteiger partial charge in [0, 0.05) is 12.8 Å². The Morgan fingerprint density at radius 2 is 1.04 bits per heavy atom. The van der Waals surface area contributed by atoms with Crippen molar-refractivity contribution >= 4 is 0 Å². The van der Waals surface area contributed by atoms with Gasteiger partial charge in [0.05, 0.1) is 13.2 Å². The smallest absolute Gasteiger partial charge is 0.122 e. The normalized spacial score (nSPS) is 20.2. The van der Waals surface area contributed by atoms with E-state index in [1.807, 2.05) is 12.1 Å². The fraction of sp³-hybridized carbons (Fsp3) is 0.333. The molecule has 3 rings (SSSR count). The van der Waals surface area contributed by atoms with E-state index >= 15 is 0 Å². The van der Waals surface area contributed by atoms with Gasteiger partial charge in [0.2, 0.25) is 0 Å². The van der Waals surface area contributed by atoms with Gasteiger partial charge >= 0.3 is 0 Å². The van der Waals surface area contributed by atoms with Gasteiger partial charge in [-0.15, -0.1) is 0 Å². The summed E-state index contributed by atoms with van der Waals surface area (Å²) in [5.41, 5.74) is 5.18. The first kappa shape index (κ1) is 18.3. The molecule has 0 fully saturated rings. The molecule has 1 aliphatic heterocycles. The molecule has 0 radical (unpaired) electrons. The number of hydrogen-bond acceptors (Lipinski definition) is 2. The number of para-hydroxylation sites is 2. The van der Waals surface area contributed by atoms with E-state index < -0.39 is 0 Å². The Morgan fingerprint density at radius 1 is 0.615 bits per heavy atom. The molecule has 136 valence electrons. The summed E-state index contributed by atoms with van der Waals surface area (Å²) in [6.45, 7) is 5.77. The summed E-state index contributed by atoms with van der Waals surface area (Å²) in [5.74, 6) is 2.00. The molecule has 0 amide bonds. The molecule has 0 atom stereocenters. The van der Waals surface area contributed by atoms with Crippen molar-refractivity contribution in [3.63, 3.8) is 0 Å². The van der Waals surface area contributed by atoms with Crippen LogP contribution in [0.15, 0.2) is 71.8 Å². The van der Waals surface area contributed by atoms with Crippen molar-refractivity contribution in [3.8, 4) is 11.5 Å². The lowest BCUT2D eigenvalue weighted by atomic mass is 10.1. The first-order chi connectivity index (χ1) is 12.7. The van der Waals surface area contributed by atoms with Gasteiger partial charge in [0.25, 0.3) is 0 Å². The number of rotatable bonds is 0. The average Bonchev–Trinajstić information content (AvgIpc) is 2.66. The van der Waals surface area contributed by atoms with E-state index in [9.17, 15) is 0 Å². The standard InChI is InChI=1S/C24H28O2/c1-19-11-13-21-7-3-5-9-23(21)26-18-16-20(2)12-14-22-8-4-6-10-24(22)25-17-15-19/h3-12H,13-18H2,1-2H3/b19-11+,20-12+. The minimum atomic E-state index is 0.709. The Morgan fingerprint density at radius 3 is 1.50 bits per heavy atom. The Labute approximate surface area is 157 Å². The van der Waals surface area contributed by atoms with Gasteiger partial charge in [-0.3, -0.25) is 0 Å². The highest BCUT2D eigenvalue weighted by Gasteiger charge is 2.05. The fourth-order valence-corrected chi connectivity index (χ4v) is 3.04. The van der Waals surface area contributed by atoms with Crippen LogP contribution in [0.4, 0.5) is 0 Å². The quantitative estimate of drug-likeness (QED) is 0.551. The Bertz CT molecular complexity index is 719. The summed E-state index contributed by atoms with van der Waals surface area (Å²) in [5, 5.41) is 0. The van der Waals surface area contributed by atoms with Gasteiger partial charge in [-0.05, 0) is 49.9 Å². The Kier molecular flexibility index (Phi) is 6.54. The van der Waals surface area contributed by atoms with Crippen LogP contribution in [0.25, 0.3) is 0 Å². The largest absolute Gasteiger partial charge is 0.493 e. The van der Waals surface area contributed by atoms with Gasteiger partial charge < -0.3 is 9.47 Å². The highest BCUT2D eigenvalue weighted by atomic mass is 16.5. The van der Waals surface area contributed by atoms with Gasteiger partial charge in [-0.1, -0.05) is 59.7 Å². The molecule has 1 aliphatic rings. The van der Waals surface area contributed by atoms with Crippen LogP contribution in [0.2, 0.25) is 0 Å². The average molecular weight is 348 g/mol. The minimum absolute atomic E-state index is 0.709. The first-order valence-corrected chi connectivity index (χ1v) is 9.45. The molecule has 0 N–H and O–H groups in total. The van der Waals surface area contributed by atoms with Crippen LogP contribution in [0.5, 0.6) is 11.5 Å². The van der Waals surface area contributed by atoms with E-state index in [-0.39, 0.29) is 0 Å². The van der Waals surface area contributed by atoms with Crippen LogP contribution in [-0.2, 0) is 12.8 Å². The third-order valence-electron chi connectivity index (χ3n) is 4.79. The topological polar surface area (TPSA) is 18.5 Å². The number of hydrogen-bond donors (Lipinski definition) is 0. The molecule has 0 saturated carbocycles. The molecule has 2 heteroatoms. The Hall–Kier alpha value is -2.48. The summed E-state index contributed by atoms with van der Waals surface area (Å²) in [7, 11) is 0. The molecule has 0 unspecified atom stereocenters. The van der Waals surface area contributed by atoms with Crippen molar-refractivity contribution in [1.29, 1.82) is 0 Å². The zero-order valence-corrected chi connectivity index (χ0v) is 15.8. The lowest BCUT2D eigenvalue weighted by Crippen LogP contribution is -2.03. The highest BCUT2D eigenvalue weighted by molar-refractivity contribution is 5.36. The molecule has 2 aromatic rings. The molecular weight excluding hydrogens is 320 g/mol. The zero-order chi connectivity index (χ0) is 18.2. The van der Waals surface area contributed by atoms with Crippen molar-refractivity contribution in [2.24, 2.45) is 0 Å². The van der Waals surface area contributed by atoms with E-state index in [0.29, 0.717) is 13.2 Å². The highest BCUT2D eigenvalue weighted by Crippen LogP contribution is 2.23. The molecular formula is C24H28O2. The molecule has 0 aromatic heterocycles. The third-order valence-corrected chi connectivity index (χ3v) is 4.79. The van der Waals surface area contributed by atoms with E-state index in [1.54, 1.807) is 0 Å². The van der Waals surface area contributed by atoms with Crippen molar-refractivity contribution < 1.29 is 9.47 Å².